The summed E-state index contributed by atoms with van der Waals surface area (Å²) in [5, 5.41) is 6.81. The molecule has 1 heterocycles. The number of thiazole rings is 1. The molecule has 92 valence electrons. The van der Waals surface area contributed by atoms with Crippen molar-refractivity contribution in [1.82, 2.24) is 10.3 Å². The molecule has 0 saturated carbocycles. The van der Waals surface area contributed by atoms with Crippen molar-refractivity contribution >= 4 is 11.3 Å². The number of hydrogen-bond acceptors (Lipinski definition) is 4. The maximum absolute atomic E-state index is 5.50. The predicted octanol–water partition coefficient (Wildman–Crippen LogP) is 2.48. The first-order chi connectivity index (χ1) is 7.63. The Labute approximate surface area is 102 Å². The van der Waals surface area contributed by atoms with Crippen LogP contribution in [0.4, 0.5) is 0 Å². The van der Waals surface area contributed by atoms with Gasteiger partial charge in [-0.3, -0.25) is 0 Å². The number of nitrogens with zero attached hydrogens (tertiary/aromatic N) is 1. The summed E-state index contributed by atoms with van der Waals surface area (Å²) in [6, 6.07) is 0.360. The highest BCUT2D eigenvalue weighted by atomic mass is 32.1. The molecule has 0 aromatic carbocycles. The number of hydrogen-bond donors (Lipinski definition) is 2. The summed E-state index contributed by atoms with van der Waals surface area (Å²) >= 11 is 1.73. The van der Waals surface area contributed by atoms with E-state index in [0.717, 1.165) is 25.2 Å². The Balaban J connectivity index is 2.27. The SMILES string of the molecule is Cc1csc(C(C)NCC(C)CCCN)n1. The molecule has 1 aromatic heterocycles. The van der Waals surface area contributed by atoms with Gasteiger partial charge in [-0.25, -0.2) is 4.98 Å². The lowest BCUT2D eigenvalue weighted by atomic mass is 10.1. The van der Waals surface area contributed by atoms with E-state index in [2.05, 4.69) is 29.5 Å². The fourth-order valence-electron chi connectivity index (χ4n) is 1.60. The Hall–Kier alpha value is -0.450. The van der Waals surface area contributed by atoms with Gasteiger partial charge in [0, 0.05) is 11.1 Å². The molecular formula is C12H23N3S. The Morgan fingerprint density at radius 3 is 2.81 bits per heavy atom. The van der Waals surface area contributed by atoms with Crippen LogP contribution < -0.4 is 11.1 Å². The average molecular weight is 241 g/mol. The molecule has 0 aliphatic rings. The summed E-state index contributed by atoms with van der Waals surface area (Å²) in [6.07, 6.45) is 2.32. The quantitative estimate of drug-likeness (QED) is 0.771. The van der Waals surface area contributed by atoms with Crippen molar-refractivity contribution in [2.45, 2.75) is 39.7 Å². The molecular weight excluding hydrogens is 218 g/mol. The van der Waals surface area contributed by atoms with E-state index in [0.29, 0.717) is 12.0 Å². The highest BCUT2D eigenvalue weighted by Crippen LogP contribution is 2.17. The minimum Gasteiger partial charge on any atom is -0.330 e. The zero-order valence-electron chi connectivity index (χ0n) is 10.5. The van der Waals surface area contributed by atoms with Crippen molar-refractivity contribution in [3.05, 3.63) is 16.1 Å². The minimum absolute atomic E-state index is 0.360. The molecule has 16 heavy (non-hydrogen) atoms. The van der Waals surface area contributed by atoms with Gasteiger partial charge < -0.3 is 11.1 Å². The van der Waals surface area contributed by atoms with Crippen molar-refractivity contribution in [2.24, 2.45) is 11.7 Å². The fourth-order valence-corrected chi connectivity index (χ4v) is 2.43. The molecule has 2 atom stereocenters. The summed E-state index contributed by atoms with van der Waals surface area (Å²) in [7, 11) is 0. The van der Waals surface area contributed by atoms with Crippen LogP contribution in [0.2, 0.25) is 0 Å². The van der Waals surface area contributed by atoms with E-state index in [-0.39, 0.29) is 0 Å². The van der Waals surface area contributed by atoms with Gasteiger partial charge in [0.15, 0.2) is 0 Å². The molecule has 1 rings (SSSR count). The Kier molecular flexibility index (Phi) is 5.95. The predicted molar refractivity (Wildman–Crippen MR) is 70.7 cm³/mol. The Morgan fingerprint density at radius 1 is 1.50 bits per heavy atom. The van der Waals surface area contributed by atoms with Gasteiger partial charge in [-0.15, -0.1) is 11.3 Å². The highest BCUT2D eigenvalue weighted by molar-refractivity contribution is 7.09. The molecule has 1 aromatic rings. The maximum Gasteiger partial charge on any atom is 0.110 e. The third-order valence-corrected chi connectivity index (χ3v) is 3.83. The van der Waals surface area contributed by atoms with Crippen molar-refractivity contribution in [3.8, 4) is 0 Å². The van der Waals surface area contributed by atoms with Gasteiger partial charge in [-0.05, 0) is 45.7 Å². The molecule has 0 radical (unpaired) electrons. The average Bonchev–Trinajstić information content (AvgIpc) is 2.69. The number of nitrogens with two attached hydrogens (primary N) is 1. The van der Waals surface area contributed by atoms with E-state index >= 15 is 0 Å². The lowest BCUT2D eigenvalue weighted by Gasteiger charge is -2.15. The normalized spacial score (nSPS) is 15.0. The minimum atomic E-state index is 0.360. The molecule has 0 amide bonds. The summed E-state index contributed by atoms with van der Waals surface area (Å²) in [5.41, 5.74) is 6.61. The fraction of sp³-hybridized carbons (Fsp3) is 0.750. The van der Waals surface area contributed by atoms with E-state index in [1.165, 1.54) is 11.4 Å². The molecule has 4 heteroatoms. The molecule has 2 unspecified atom stereocenters. The maximum atomic E-state index is 5.50. The van der Waals surface area contributed by atoms with Gasteiger partial charge in [0.05, 0.1) is 6.04 Å². The van der Waals surface area contributed by atoms with E-state index in [9.17, 15) is 0 Å². The summed E-state index contributed by atoms with van der Waals surface area (Å²) in [4.78, 5) is 4.49. The van der Waals surface area contributed by atoms with Crippen molar-refractivity contribution in [1.29, 1.82) is 0 Å². The Bertz CT molecular complexity index is 298. The first-order valence-electron chi connectivity index (χ1n) is 5.99. The number of rotatable bonds is 7. The van der Waals surface area contributed by atoms with E-state index in [4.69, 9.17) is 5.73 Å². The molecule has 0 spiro atoms. The van der Waals surface area contributed by atoms with Gasteiger partial charge in [-0.1, -0.05) is 6.92 Å². The lowest BCUT2D eigenvalue weighted by molar-refractivity contribution is 0.439. The standard InChI is InChI=1S/C12H23N3S/c1-9(5-4-6-13)7-14-11(3)12-15-10(2)8-16-12/h8-9,11,14H,4-7,13H2,1-3H3. The van der Waals surface area contributed by atoms with Crippen LogP contribution in [0.5, 0.6) is 0 Å². The van der Waals surface area contributed by atoms with Gasteiger partial charge in [0.2, 0.25) is 0 Å². The monoisotopic (exact) mass is 241 g/mol. The molecule has 3 N–H and O–H groups in total. The second-order valence-electron chi connectivity index (χ2n) is 4.49. The topological polar surface area (TPSA) is 50.9 Å². The van der Waals surface area contributed by atoms with E-state index in [1.54, 1.807) is 11.3 Å². The van der Waals surface area contributed by atoms with Crippen molar-refractivity contribution in [2.75, 3.05) is 13.1 Å². The van der Waals surface area contributed by atoms with Crippen LogP contribution in [0.25, 0.3) is 0 Å². The molecule has 0 fully saturated rings. The van der Waals surface area contributed by atoms with Gasteiger partial charge in [0.25, 0.3) is 0 Å². The van der Waals surface area contributed by atoms with E-state index in [1.807, 2.05) is 6.92 Å². The summed E-state index contributed by atoms with van der Waals surface area (Å²) in [6.45, 7) is 8.32. The zero-order chi connectivity index (χ0) is 12.0. The molecule has 3 nitrogen and oxygen atoms in total. The van der Waals surface area contributed by atoms with Gasteiger partial charge in [-0.2, -0.15) is 0 Å². The lowest BCUT2D eigenvalue weighted by Crippen LogP contribution is -2.24. The number of aryl methyl sites for hydroxylation is 1. The highest BCUT2D eigenvalue weighted by Gasteiger charge is 2.10. The smallest absolute Gasteiger partial charge is 0.110 e. The van der Waals surface area contributed by atoms with Crippen molar-refractivity contribution in [3.63, 3.8) is 0 Å². The van der Waals surface area contributed by atoms with Crippen LogP contribution in [0.15, 0.2) is 5.38 Å². The molecule has 0 saturated heterocycles. The molecule has 0 bridgehead atoms. The van der Waals surface area contributed by atoms with Crippen LogP contribution in [0.3, 0.4) is 0 Å². The zero-order valence-corrected chi connectivity index (χ0v) is 11.3. The van der Waals surface area contributed by atoms with Crippen LogP contribution in [-0.4, -0.2) is 18.1 Å². The summed E-state index contributed by atoms with van der Waals surface area (Å²) in [5.74, 6) is 0.687. The third-order valence-electron chi connectivity index (χ3n) is 2.68. The second kappa shape index (κ2) is 6.99. The largest absolute Gasteiger partial charge is 0.330 e. The van der Waals surface area contributed by atoms with Crippen molar-refractivity contribution < 1.29 is 0 Å². The van der Waals surface area contributed by atoms with Crippen LogP contribution in [0, 0.1) is 12.8 Å². The number of nitrogens with one attached hydrogen (secondary N) is 1. The molecule has 0 aliphatic heterocycles. The van der Waals surface area contributed by atoms with Gasteiger partial charge >= 0.3 is 0 Å². The van der Waals surface area contributed by atoms with E-state index < -0.39 is 0 Å². The second-order valence-corrected chi connectivity index (χ2v) is 5.38. The van der Waals surface area contributed by atoms with Crippen LogP contribution in [-0.2, 0) is 0 Å². The first-order valence-corrected chi connectivity index (χ1v) is 6.87. The first kappa shape index (κ1) is 13.6. The summed E-state index contributed by atoms with van der Waals surface area (Å²) < 4.78 is 0. The Morgan fingerprint density at radius 2 is 2.25 bits per heavy atom. The van der Waals surface area contributed by atoms with Crippen LogP contribution >= 0.6 is 11.3 Å². The molecule has 0 aliphatic carbocycles. The van der Waals surface area contributed by atoms with Gasteiger partial charge in [0.1, 0.15) is 5.01 Å². The number of aromatic nitrogens is 1. The third kappa shape index (κ3) is 4.60. The van der Waals surface area contributed by atoms with Crippen LogP contribution in [0.1, 0.15) is 43.4 Å².